The van der Waals surface area contributed by atoms with Gasteiger partial charge in [0.15, 0.2) is 0 Å². The molecule has 2 rings (SSSR count). The van der Waals surface area contributed by atoms with Crippen LogP contribution >= 0.6 is 0 Å². The molecule has 0 aliphatic carbocycles. The molecule has 0 aromatic heterocycles. The predicted molar refractivity (Wildman–Crippen MR) is 56.1 cm³/mol. The summed E-state index contributed by atoms with van der Waals surface area (Å²) in [6, 6.07) is 7.62. The summed E-state index contributed by atoms with van der Waals surface area (Å²) < 4.78 is 23.0. The first-order valence-electron chi connectivity index (χ1n) is 4.94. The van der Waals surface area contributed by atoms with Gasteiger partial charge in [0.25, 0.3) is 0 Å². The molecule has 82 valence electrons. The molecule has 0 spiro atoms. The Hall–Kier alpha value is -1.29. The van der Waals surface area contributed by atoms with Crippen molar-refractivity contribution in [1.29, 1.82) is 0 Å². The van der Waals surface area contributed by atoms with Crippen molar-refractivity contribution in [3.05, 3.63) is 24.3 Å². The first-order chi connectivity index (χ1) is 7.29. The van der Waals surface area contributed by atoms with Crippen LogP contribution in [0.5, 0.6) is 5.75 Å². The minimum atomic E-state index is -1.19. The lowest BCUT2D eigenvalue weighted by atomic mass is 10.2. The number of benzene rings is 1. The Balaban J connectivity index is 2.13. The summed E-state index contributed by atoms with van der Waals surface area (Å²) >= 11 is 0. The van der Waals surface area contributed by atoms with E-state index in [4.69, 9.17) is 9.47 Å². The molecule has 0 amide bonds. The molecule has 15 heavy (non-hydrogen) atoms. The second kappa shape index (κ2) is 4.49. The molecule has 1 aromatic carbocycles. The second-order valence-corrected chi connectivity index (χ2v) is 3.43. The summed E-state index contributed by atoms with van der Waals surface area (Å²) in [6.07, 6.45) is -1.19. The van der Waals surface area contributed by atoms with Crippen molar-refractivity contribution >= 4 is 5.69 Å². The number of alkyl halides is 1. The maximum absolute atomic E-state index is 13.0. The predicted octanol–water partition coefficient (Wildman–Crippen LogP) is 1.83. The number of hydrogen-bond donors (Lipinski definition) is 0. The van der Waals surface area contributed by atoms with Crippen molar-refractivity contribution in [3.63, 3.8) is 0 Å². The van der Waals surface area contributed by atoms with E-state index in [9.17, 15) is 4.39 Å². The monoisotopic (exact) mass is 211 g/mol. The van der Waals surface area contributed by atoms with E-state index >= 15 is 0 Å². The highest BCUT2D eigenvalue weighted by atomic mass is 19.1. The summed E-state index contributed by atoms with van der Waals surface area (Å²) in [4.78, 5) is 1.96. The number of ether oxygens (including phenoxy) is 2. The first-order valence-corrected chi connectivity index (χ1v) is 4.94. The fraction of sp³-hybridized carbons (Fsp3) is 0.455. The lowest BCUT2D eigenvalue weighted by molar-refractivity contribution is -0.0465. The van der Waals surface area contributed by atoms with Crippen molar-refractivity contribution in [3.8, 4) is 5.75 Å². The van der Waals surface area contributed by atoms with E-state index in [-0.39, 0.29) is 6.54 Å². The van der Waals surface area contributed by atoms with Crippen LogP contribution < -0.4 is 9.64 Å². The number of methoxy groups -OCH3 is 1. The standard InChI is InChI=1S/C11H14FNO2/c1-14-10-4-2-3-9(7-10)13-5-6-15-11(12)8-13/h2-4,7,11H,5-6,8H2,1H3. The Morgan fingerprint density at radius 2 is 2.40 bits per heavy atom. The smallest absolute Gasteiger partial charge is 0.216 e. The Kier molecular flexibility index (Phi) is 3.06. The summed E-state index contributed by atoms with van der Waals surface area (Å²) in [5, 5.41) is 0. The molecule has 1 aromatic rings. The van der Waals surface area contributed by atoms with Crippen LogP contribution in [0.4, 0.5) is 10.1 Å². The van der Waals surface area contributed by atoms with Crippen LogP contribution in [0.15, 0.2) is 24.3 Å². The highest BCUT2D eigenvalue weighted by Gasteiger charge is 2.19. The molecule has 1 saturated heterocycles. The van der Waals surface area contributed by atoms with Crippen LogP contribution in [0.25, 0.3) is 0 Å². The molecule has 1 heterocycles. The van der Waals surface area contributed by atoms with E-state index < -0.39 is 6.36 Å². The van der Waals surface area contributed by atoms with Crippen LogP contribution in [0, 0.1) is 0 Å². The molecular formula is C11H14FNO2. The third-order valence-corrected chi connectivity index (χ3v) is 2.44. The number of nitrogens with zero attached hydrogens (tertiary/aromatic N) is 1. The Morgan fingerprint density at radius 3 is 3.13 bits per heavy atom. The number of hydrogen-bond acceptors (Lipinski definition) is 3. The van der Waals surface area contributed by atoms with Crippen LogP contribution in [0.2, 0.25) is 0 Å². The lowest BCUT2D eigenvalue weighted by Crippen LogP contribution is -2.40. The summed E-state index contributed by atoms with van der Waals surface area (Å²) in [7, 11) is 1.62. The van der Waals surface area contributed by atoms with Crippen molar-refractivity contribution in [2.45, 2.75) is 6.36 Å². The van der Waals surface area contributed by atoms with Gasteiger partial charge in [-0.25, -0.2) is 4.39 Å². The number of halogens is 1. The molecule has 0 bridgehead atoms. The van der Waals surface area contributed by atoms with Crippen LogP contribution in [-0.2, 0) is 4.74 Å². The molecule has 0 N–H and O–H groups in total. The average Bonchev–Trinajstić information content (AvgIpc) is 2.29. The largest absolute Gasteiger partial charge is 0.497 e. The zero-order valence-corrected chi connectivity index (χ0v) is 8.65. The fourth-order valence-electron chi connectivity index (χ4n) is 1.65. The molecule has 1 fully saturated rings. The molecule has 1 unspecified atom stereocenters. The van der Waals surface area contributed by atoms with E-state index in [0.29, 0.717) is 13.2 Å². The molecule has 3 nitrogen and oxygen atoms in total. The molecule has 1 aliphatic heterocycles. The normalized spacial score (nSPS) is 21.5. The van der Waals surface area contributed by atoms with Gasteiger partial charge >= 0.3 is 0 Å². The molecular weight excluding hydrogens is 197 g/mol. The zero-order chi connectivity index (χ0) is 10.7. The molecule has 4 heteroatoms. The molecule has 0 radical (unpaired) electrons. The minimum absolute atomic E-state index is 0.285. The number of rotatable bonds is 2. The van der Waals surface area contributed by atoms with Crippen molar-refractivity contribution < 1.29 is 13.9 Å². The molecule has 0 saturated carbocycles. The van der Waals surface area contributed by atoms with Crippen molar-refractivity contribution in [2.75, 3.05) is 31.7 Å². The van der Waals surface area contributed by atoms with E-state index in [0.717, 1.165) is 11.4 Å². The summed E-state index contributed by atoms with van der Waals surface area (Å²) in [5.74, 6) is 0.786. The maximum atomic E-state index is 13.0. The minimum Gasteiger partial charge on any atom is -0.497 e. The van der Waals surface area contributed by atoms with Gasteiger partial charge in [0.1, 0.15) is 5.75 Å². The van der Waals surface area contributed by atoms with E-state index in [2.05, 4.69) is 0 Å². The van der Waals surface area contributed by atoms with Crippen LogP contribution in [-0.4, -0.2) is 33.2 Å². The van der Waals surface area contributed by atoms with Crippen LogP contribution in [0.3, 0.4) is 0 Å². The quantitative estimate of drug-likeness (QED) is 0.745. The molecule has 1 atom stereocenters. The van der Waals surface area contributed by atoms with Gasteiger partial charge in [-0.15, -0.1) is 0 Å². The summed E-state index contributed by atoms with van der Waals surface area (Å²) in [6.45, 7) is 1.43. The van der Waals surface area contributed by atoms with E-state index in [1.54, 1.807) is 7.11 Å². The first kappa shape index (κ1) is 10.2. The SMILES string of the molecule is COc1cccc(N2CCOC(F)C2)c1. The van der Waals surface area contributed by atoms with Crippen LogP contribution in [0.1, 0.15) is 0 Å². The average molecular weight is 211 g/mol. The highest BCUT2D eigenvalue weighted by Crippen LogP contribution is 2.22. The van der Waals surface area contributed by atoms with Gasteiger partial charge in [0, 0.05) is 18.3 Å². The number of anilines is 1. The van der Waals surface area contributed by atoms with Gasteiger partial charge in [0.2, 0.25) is 6.36 Å². The van der Waals surface area contributed by atoms with E-state index in [1.807, 2.05) is 29.2 Å². The van der Waals surface area contributed by atoms with Gasteiger partial charge in [-0.05, 0) is 12.1 Å². The van der Waals surface area contributed by atoms with Gasteiger partial charge in [-0.3, -0.25) is 0 Å². The topological polar surface area (TPSA) is 21.7 Å². The lowest BCUT2D eigenvalue weighted by Gasteiger charge is -2.31. The second-order valence-electron chi connectivity index (χ2n) is 3.43. The Morgan fingerprint density at radius 1 is 1.53 bits per heavy atom. The zero-order valence-electron chi connectivity index (χ0n) is 8.65. The third-order valence-electron chi connectivity index (χ3n) is 2.44. The maximum Gasteiger partial charge on any atom is 0.216 e. The van der Waals surface area contributed by atoms with Gasteiger partial charge in [-0.2, -0.15) is 0 Å². The van der Waals surface area contributed by atoms with Gasteiger partial charge < -0.3 is 14.4 Å². The fourth-order valence-corrected chi connectivity index (χ4v) is 1.65. The Labute approximate surface area is 88.4 Å². The van der Waals surface area contributed by atoms with Crippen molar-refractivity contribution in [2.24, 2.45) is 0 Å². The Bertz CT molecular complexity index is 332. The van der Waals surface area contributed by atoms with E-state index in [1.165, 1.54) is 0 Å². The number of morpholine rings is 1. The van der Waals surface area contributed by atoms with Crippen molar-refractivity contribution in [1.82, 2.24) is 0 Å². The van der Waals surface area contributed by atoms with Gasteiger partial charge in [-0.1, -0.05) is 6.07 Å². The highest BCUT2D eigenvalue weighted by molar-refractivity contribution is 5.51. The van der Waals surface area contributed by atoms with Gasteiger partial charge in [0.05, 0.1) is 20.3 Å². The third kappa shape index (κ3) is 2.39. The summed E-state index contributed by atoms with van der Waals surface area (Å²) in [5.41, 5.74) is 0.973. The molecule has 1 aliphatic rings.